The van der Waals surface area contributed by atoms with E-state index in [1.807, 2.05) is 24.3 Å². The molecule has 1 fully saturated rings. The molecular formula is C20H21F3N4O2. The molecule has 2 aliphatic heterocycles. The van der Waals surface area contributed by atoms with E-state index >= 15 is 0 Å². The number of nitrogens with one attached hydrogen (secondary N) is 1. The molecule has 154 valence electrons. The molecule has 0 radical (unpaired) electrons. The van der Waals surface area contributed by atoms with E-state index in [0.29, 0.717) is 39.0 Å². The monoisotopic (exact) mass is 406 g/mol. The Morgan fingerprint density at radius 3 is 2.59 bits per heavy atom. The Morgan fingerprint density at radius 2 is 1.86 bits per heavy atom. The van der Waals surface area contributed by atoms with E-state index in [9.17, 15) is 18.0 Å². The molecule has 1 atom stereocenters. The molecule has 1 N–H and O–H groups in total. The fraction of sp³-hybridized carbons (Fsp3) is 0.450. The molecule has 1 saturated heterocycles. The predicted octanol–water partition coefficient (Wildman–Crippen LogP) is 2.72. The van der Waals surface area contributed by atoms with E-state index < -0.39 is 18.0 Å². The molecule has 29 heavy (non-hydrogen) atoms. The third-order valence-corrected chi connectivity index (χ3v) is 5.36. The van der Waals surface area contributed by atoms with Gasteiger partial charge in [0.1, 0.15) is 23.9 Å². The number of alkyl halides is 3. The van der Waals surface area contributed by atoms with Crippen molar-refractivity contribution in [3.8, 4) is 0 Å². The molecule has 4 rings (SSSR count). The summed E-state index contributed by atoms with van der Waals surface area (Å²) in [5.41, 5.74) is 1.28. The van der Waals surface area contributed by atoms with Gasteiger partial charge in [-0.05, 0) is 24.0 Å². The molecule has 2 aromatic rings. The molecule has 1 amide bonds. The van der Waals surface area contributed by atoms with Crippen molar-refractivity contribution in [1.82, 2.24) is 15.3 Å². The van der Waals surface area contributed by atoms with Crippen LogP contribution in [-0.4, -0.2) is 41.1 Å². The van der Waals surface area contributed by atoms with Gasteiger partial charge >= 0.3 is 6.18 Å². The molecule has 0 aliphatic carbocycles. The highest BCUT2D eigenvalue weighted by molar-refractivity contribution is 5.81. The fourth-order valence-corrected chi connectivity index (χ4v) is 3.74. The van der Waals surface area contributed by atoms with Crippen molar-refractivity contribution in [2.75, 3.05) is 18.0 Å². The van der Waals surface area contributed by atoms with Crippen LogP contribution in [0.3, 0.4) is 0 Å². The van der Waals surface area contributed by atoms with Gasteiger partial charge in [0, 0.05) is 31.6 Å². The van der Waals surface area contributed by atoms with Gasteiger partial charge in [0.05, 0.1) is 6.61 Å². The van der Waals surface area contributed by atoms with Crippen molar-refractivity contribution in [3.63, 3.8) is 0 Å². The third kappa shape index (κ3) is 4.50. The molecule has 0 spiro atoms. The minimum atomic E-state index is -4.50. The standard InChI is InChI=1S/C20H21F3N4O2/c21-20(22,23)17-10-18(25-12-24-17)27-7-5-15(6-8-27)26-19(28)16-9-13-3-1-2-4-14(13)11-29-16/h1-4,10,12,15-16H,5-9,11H2,(H,26,28)/t16-/m1/s1. The number of hydrogen-bond acceptors (Lipinski definition) is 5. The van der Waals surface area contributed by atoms with Gasteiger partial charge in [-0.3, -0.25) is 4.79 Å². The SMILES string of the molecule is O=C(NC1CCN(c2cc(C(F)(F)F)ncn2)CC1)[C@H]1Cc2ccccc2CO1. The van der Waals surface area contributed by atoms with Gasteiger partial charge in [0.25, 0.3) is 0 Å². The molecule has 0 unspecified atom stereocenters. The zero-order valence-corrected chi connectivity index (χ0v) is 15.7. The van der Waals surface area contributed by atoms with E-state index in [1.165, 1.54) is 0 Å². The van der Waals surface area contributed by atoms with Crippen LogP contribution >= 0.6 is 0 Å². The van der Waals surface area contributed by atoms with Gasteiger partial charge in [-0.25, -0.2) is 9.97 Å². The quantitative estimate of drug-likeness (QED) is 0.849. The van der Waals surface area contributed by atoms with Gasteiger partial charge in [0.15, 0.2) is 0 Å². The lowest BCUT2D eigenvalue weighted by molar-refractivity contribution is -0.141. The largest absolute Gasteiger partial charge is 0.433 e. The van der Waals surface area contributed by atoms with Crippen LogP contribution in [0.5, 0.6) is 0 Å². The molecule has 3 heterocycles. The highest BCUT2D eigenvalue weighted by Gasteiger charge is 2.34. The minimum Gasteiger partial charge on any atom is -0.363 e. The molecule has 9 heteroatoms. The second-order valence-corrected chi connectivity index (χ2v) is 7.30. The summed E-state index contributed by atoms with van der Waals surface area (Å²) in [5, 5.41) is 3.02. The van der Waals surface area contributed by atoms with Crippen molar-refractivity contribution in [2.45, 2.75) is 44.2 Å². The van der Waals surface area contributed by atoms with Crippen molar-refractivity contribution < 1.29 is 22.7 Å². The first-order valence-electron chi connectivity index (χ1n) is 9.53. The number of carbonyl (C=O) groups is 1. The lowest BCUT2D eigenvalue weighted by Crippen LogP contribution is -2.49. The summed E-state index contributed by atoms with van der Waals surface area (Å²) in [6.07, 6.45) is -2.28. The molecular weight excluding hydrogens is 385 g/mol. The Kier molecular flexibility index (Phi) is 5.40. The Bertz CT molecular complexity index is 882. The summed E-state index contributed by atoms with van der Waals surface area (Å²) in [7, 11) is 0. The van der Waals surface area contributed by atoms with Crippen LogP contribution in [0.15, 0.2) is 36.7 Å². The number of aromatic nitrogens is 2. The highest BCUT2D eigenvalue weighted by Crippen LogP contribution is 2.29. The number of rotatable bonds is 3. The van der Waals surface area contributed by atoms with Gasteiger partial charge in [-0.1, -0.05) is 24.3 Å². The molecule has 1 aromatic heterocycles. The Morgan fingerprint density at radius 1 is 1.14 bits per heavy atom. The molecule has 0 saturated carbocycles. The van der Waals surface area contributed by atoms with Gasteiger partial charge in [-0.2, -0.15) is 13.2 Å². The average Bonchev–Trinajstić information content (AvgIpc) is 2.73. The predicted molar refractivity (Wildman–Crippen MR) is 99.1 cm³/mol. The number of fused-ring (bicyclic) bond motifs is 1. The molecule has 0 bridgehead atoms. The number of amides is 1. The first kappa shape index (κ1) is 19.6. The molecule has 2 aliphatic rings. The van der Waals surface area contributed by atoms with Crippen molar-refractivity contribution in [2.24, 2.45) is 0 Å². The van der Waals surface area contributed by atoms with Crippen LogP contribution in [0.1, 0.15) is 29.7 Å². The average molecular weight is 406 g/mol. The van der Waals surface area contributed by atoms with Gasteiger partial charge in [-0.15, -0.1) is 0 Å². The van der Waals surface area contributed by atoms with E-state index in [2.05, 4.69) is 15.3 Å². The van der Waals surface area contributed by atoms with Crippen LogP contribution in [0.25, 0.3) is 0 Å². The summed E-state index contributed by atoms with van der Waals surface area (Å²) in [6.45, 7) is 1.43. The number of halogens is 3. The summed E-state index contributed by atoms with van der Waals surface area (Å²) in [5.74, 6) is 0.115. The Labute approximate surface area is 166 Å². The lowest BCUT2D eigenvalue weighted by Gasteiger charge is -2.34. The summed E-state index contributed by atoms with van der Waals surface area (Å²) >= 11 is 0. The van der Waals surface area contributed by atoms with Crippen LogP contribution in [-0.2, 0) is 28.7 Å². The zero-order valence-electron chi connectivity index (χ0n) is 15.7. The lowest BCUT2D eigenvalue weighted by atomic mass is 9.98. The number of ether oxygens (including phenoxy) is 1. The van der Waals surface area contributed by atoms with Crippen LogP contribution < -0.4 is 10.2 Å². The van der Waals surface area contributed by atoms with E-state index in [4.69, 9.17) is 4.74 Å². The minimum absolute atomic E-state index is 0.0385. The molecule has 6 nitrogen and oxygen atoms in total. The topological polar surface area (TPSA) is 67.4 Å². The van der Waals surface area contributed by atoms with Crippen LogP contribution in [0.4, 0.5) is 19.0 Å². The maximum Gasteiger partial charge on any atom is 0.433 e. The van der Waals surface area contributed by atoms with Gasteiger partial charge in [0.2, 0.25) is 5.91 Å². The number of piperidine rings is 1. The first-order chi connectivity index (χ1) is 13.9. The summed E-state index contributed by atoms with van der Waals surface area (Å²) in [6, 6.07) is 8.83. The van der Waals surface area contributed by atoms with E-state index in [1.54, 1.807) is 4.90 Å². The normalized spacial score (nSPS) is 20.2. The van der Waals surface area contributed by atoms with Crippen molar-refractivity contribution in [3.05, 3.63) is 53.5 Å². The summed E-state index contributed by atoms with van der Waals surface area (Å²) in [4.78, 5) is 21.6. The highest BCUT2D eigenvalue weighted by atomic mass is 19.4. The summed E-state index contributed by atoms with van der Waals surface area (Å²) < 4.78 is 44.2. The number of anilines is 1. The van der Waals surface area contributed by atoms with Crippen molar-refractivity contribution >= 4 is 11.7 Å². The first-order valence-corrected chi connectivity index (χ1v) is 9.53. The second kappa shape index (κ2) is 7.98. The smallest absolute Gasteiger partial charge is 0.363 e. The maximum atomic E-state index is 12.8. The van der Waals surface area contributed by atoms with Crippen LogP contribution in [0, 0.1) is 0 Å². The Balaban J connectivity index is 1.31. The zero-order chi connectivity index (χ0) is 20.4. The molecule has 1 aromatic carbocycles. The fourth-order valence-electron chi connectivity index (χ4n) is 3.74. The van der Waals surface area contributed by atoms with Gasteiger partial charge < -0.3 is 15.0 Å². The number of nitrogens with zero attached hydrogens (tertiary/aromatic N) is 3. The number of hydrogen-bond donors (Lipinski definition) is 1. The third-order valence-electron chi connectivity index (χ3n) is 5.36. The second-order valence-electron chi connectivity index (χ2n) is 7.30. The van der Waals surface area contributed by atoms with E-state index in [0.717, 1.165) is 23.5 Å². The van der Waals surface area contributed by atoms with Crippen LogP contribution in [0.2, 0.25) is 0 Å². The van der Waals surface area contributed by atoms with Crippen molar-refractivity contribution in [1.29, 1.82) is 0 Å². The van der Waals surface area contributed by atoms with E-state index in [-0.39, 0.29) is 17.8 Å². The maximum absolute atomic E-state index is 12.8. The number of benzene rings is 1. The Hall–Kier alpha value is -2.68. The number of carbonyl (C=O) groups excluding carboxylic acids is 1.